The van der Waals surface area contributed by atoms with E-state index in [0.29, 0.717) is 50.8 Å². The molecule has 2 amide bonds. The number of hydrogen-bond acceptors (Lipinski definition) is 7. The van der Waals surface area contributed by atoms with Crippen molar-refractivity contribution >= 4 is 35.1 Å². The molecule has 0 aliphatic carbocycles. The van der Waals surface area contributed by atoms with Gasteiger partial charge in [-0.2, -0.15) is 0 Å². The molecule has 0 bridgehead atoms. The number of esters is 1. The molecular formula is C28H25NO7. The molecule has 0 saturated heterocycles. The summed E-state index contributed by atoms with van der Waals surface area (Å²) in [6.07, 6.45) is 1.68. The van der Waals surface area contributed by atoms with Crippen LogP contribution < -0.4 is 19.1 Å². The van der Waals surface area contributed by atoms with Crippen LogP contribution in [0.15, 0.2) is 60.7 Å². The molecule has 1 aliphatic heterocycles. The van der Waals surface area contributed by atoms with Crippen molar-refractivity contribution in [3.05, 3.63) is 82.9 Å². The molecule has 8 nitrogen and oxygen atoms in total. The van der Waals surface area contributed by atoms with Gasteiger partial charge in [0.05, 0.1) is 39.2 Å². The average Bonchev–Trinajstić information content (AvgIpc) is 2.91. The topological polar surface area (TPSA) is 91.4 Å². The Bertz CT molecular complexity index is 1330. The van der Waals surface area contributed by atoms with Crippen LogP contribution in [0.3, 0.4) is 0 Å². The standard InChI is InChI=1S/C28H25NO7/c1-5-36-28(32)18-10-12-19(13-11-18)29-26(30)21-9-7-6-8-20(21)22(27(29)31)14-17-15-23(33-2)25(35-4)24(16-17)34-3/h6-16H,5H2,1-4H3. The third kappa shape index (κ3) is 4.40. The van der Waals surface area contributed by atoms with E-state index in [2.05, 4.69) is 0 Å². The van der Waals surface area contributed by atoms with Crippen molar-refractivity contribution in [2.24, 2.45) is 0 Å². The fraction of sp³-hybridized carbons (Fsp3) is 0.179. The Kier molecular flexibility index (Phi) is 7.05. The molecule has 0 radical (unpaired) electrons. The minimum Gasteiger partial charge on any atom is -0.493 e. The molecule has 36 heavy (non-hydrogen) atoms. The molecule has 0 atom stereocenters. The van der Waals surface area contributed by atoms with E-state index in [1.54, 1.807) is 61.5 Å². The molecule has 0 spiro atoms. The second-order valence-electron chi connectivity index (χ2n) is 7.78. The predicted octanol–water partition coefficient (Wildman–Crippen LogP) is 4.62. The summed E-state index contributed by atoms with van der Waals surface area (Å²) in [5, 5.41) is 0. The first-order chi connectivity index (χ1) is 17.4. The summed E-state index contributed by atoms with van der Waals surface area (Å²) in [7, 11) is 4.53. The molecule has 8 heteroatoms. The average molecular weight is 488 g/mol. The first-order valence-corrected chi connectivity index (χ1v) is 11.2. The van der Waals surface area contributed by atoms with Gasteiger partial charge in [-0.25, -0.2) is 9.69 Å². The maximum Gasteiger partial charge on any atom is 0.338 e. The van der Waals surface area contributed by atoms with Gasteiger partial charge in [-0.15, -0.1) is 0 Å². The molecule has 0 unspecified atom stereocenters. The van der Waals surface area contributed by atoms with Crippen molar-refractivity contribution in [3.8, 4) is 17.2 Å². The molecule has 0 saturated carbocycles. The van der Waals surface area contributed by atoms with Crippen LogP contribution in [0.5, 0.6) is 17.2 Å². The highest BCUT2D eigenvalue weighted by Crippen LogP contribution is 2.40. The Hall–Kier alpha value is -4.59. The third-order valence-corrected chi connectivity index (χ3v) is 5.72. The number of ether oxygens (including phenoxy) is 4. The van der Waals surface area contributed by atoms with Gasteiger partial charge in [0.25, 0.3) is 11.8 Å². The van der Waals surface area contributed by atoms with Crippen molar-refractivity contribution in [2.45, 2.75) is 6.92 Å². The minimum absolute atomic E-state index is 0.246. The fourth-order valence-corrected chi connectivity index (χ4v) is 4.04. The van der Waals surface area contributed by atoms with Gasteiger partial charge in [-0.3, -0.25) is 9.59 Å². The maximum atomic E-state index is 13.7. The van der Waals surface area contributed by atoms with Crippen molar-refractivity contribution in [2.75, 3.05) is 32.8 Å². The number of hydrogen-bond donors (Lipinski definition) is 0. The molecular weight excluding hydrogens is 462 g/mol. The summed E-state index contributed by atoms with van der Waals surface area (Å²) in [6.45, 7) is 1.96. The number of anilines is 1. The molecule has 1 heterocycles. The Morgan fingerprint density at radius 2 is 1.44 bits per heavy atom. The highest BCUT2D eigenvalue weighted by molar-refractivity contribution is 6.43. The quantitative estimate of drug-likeness (QED) is 0.273. The number of methoxy groups -OCH3 is 3. The summed E-state index contributed by atoms with van der Waals surface area (Å²) in [5.41, 5.74) is 2.49. The van der Waals surface area contributed by atoms with E-state index in [-0.39, 0.29) is 6.61 Å². The second-order valence-corrected chi connectivity index (χ2v) is 7.78. The lowest BCUT2D eigenvalue weighted by atomic mass is 9.91. The zero-order valence-electron chi connectivity index (χ0n) is 20.4. The Balaban J connectivity index is 1.83. The summed E-state index contributed by atoms with van der Waals surface area (Å²) in [4.78, 5) is 40.2. The van der Waals surface area contributed by atoms with Crippen molar-refractivity contribution < 1.29 is 33.3 Å². The number of fused-ring (bicyclic) bond motifs is 1. The van der Waals surface area contributed by atoms with Gasteiger partial charge < -0.3 is 18.9 Å². The maximum absolute atomic E-state index is 13.7. The van der Waals surface area contributed by atoms with Gasteiger partial charge >= 0.3 is 5.97 Å². The number of amides is 2. The minimum atomic E-state index is -0.503. The van der Waals surface area contributed by atoms with E-state index >= 15 is 0 Å². The normalized spacial score (nSPS) is 13.9. The van der Waals surface area contributed by atoms with E-state index in [0.717, 1.165) is 4.90 Å². The zero-order chi connectivity index (χ0) is 25.8. The molecule has 184 valence electrons. The van der Waals surface area contributed by atoms with Crippen molar-refractivity contribution in [1.29, 1.82) is 0 Å². The van der Waals surface area contributed by atoms with Crippen LogP contribution in [-0.4, -0.2) is 45.7 Å². The number of rotatable bonds is 7. The van der Waals surface area contributed by atoms with Crippen LogP contribution in [0, 0.1) is 0 Å². The Labute approximate surface area is 208 Å². The van der Waals surface area contributed by atoms with E-state index < -0.39 is 17.8 Å². The smallest absolute Gasteiger partial charge is 0.338 e. The van der Waals surface area contributed by atoms with Crippen LogP contribution in [0.4, 0.5) is 5.69 Å². The van der Waals surface area contributed by atoms with E-state index in [4.69, 9.17) is 18.9 Å². The zero-order valence-corrected chi connectivity index (χ0v) is 20.4. The SMILES string of the molecule is CCOC(=O)c1ccc(N2C(=O)C(=Cc3cc(OC)c(OC)c(OC)c3)c3ccccc3C2=O)cc1. The van der Waals surface area contributed by atoms with Crippen LogP contribution in [0.1, 0.15) is 38.8 Å². The van der Waals surface area contributed by atoms with Crippen LogP contribution in [-0.2, 0) is 9.53 Å². The van der Waals surface area contributed by atoms with Crippen LogP contribution >= 0.6 is 0 Å². The molecule has 0 N–H and O–H groups in total. The van der Waals surface area contributed by atoms with Crippen LogP contribution in [0.25, 0.3) is 11.6 Å². The Morgan fingerprint density at radius 3 is 2.00 bits per heavy atom. The summed E-state index contributed by atoms with van der Waals surface area (Å²) >= 11 is 0. The number of carbonyl (C=O) groups excluding carboxylic acids is 3. The first kappa shape index (κ1) is 24.5. The van der Waals surface area contributed by atoms with Gasteiger partial charge in [0.2, 0.25) is 5.75 Å². The number of nitrogens with zero attached hydrogens (tertiary/aromatic N) is 1. The predicted molar refractivity (Wildman–Crippen MR) is 135 cm³/mol. The van der Waals surface area contributed by atoms with E-state index in [9.17, 15) is 14.4 Å². The fourth-order valence-electron chi connectivity index (χ4n) is 4.04. The first-order valence-electron chi connectivity index (χ1n) is 11.2. The lowest BCUT2D eigenvalue weighted by Crippen LogP contribution is -2.41. The highest BCUT2D eigenvalue weighted by Gasteiger charge is 2.36. The summed E-state index contributed by atoms with van der Waals surface area (Å²) in [5.74, 6) is -0.145. The molecule has 3 aromatic rings. The monoisotopic (exact) mass is 487 g/mol. The second kappa shape index (κ2) is 10.4. The van der Waals surface area contributed by atoms with Gasteiger partial charge in [-0.05, 0) is 66.6 Å². The lowest BCUT2D eigenvalue weighted by Gasteiger charge is -2.29. The van der Waals surface area contributed by atoms with Gasteiger partial charge in [-0.1, -0.05) is 18.2 Å². The molecule has 0 fully saturated rings. The van der Waals surface area contributed by atoms with Crippen molar-refractivity contribution in [1.82, 2.24) is 0 Å². The number of carbonyl (C=O) groups is 3. The lowest BCUT2D eigenvalue weighted by molar-refractivity contribution is -0.112. The molecule has 4 rings (SSSR count). The molecule has 3 aromatic carbocycles. The summed E-state index contributed by atoms with van der Waals surface area (Å²) in [6, 6.07) is 16.5. The Morgan fingerprint density at radius 1 is 0.833 bits per heavy atom. The number of benzene rings is 3. The van der Waals surface area contributed by atoms with Gasteiger partial charge in [0.1, 0.15) is 0 Å². The molecule has 1 aliphatic rings. The highest BCUT2D eigenvalue weighted by atomic mass is 16.5. The van der Waals surface area contributed by atoms with Gasteiger partial charge in [0.15, 0.2) is 11.5 Å². The molecule has 0 aromatic heterocycles. The largest absolute Gasteiger partial charge is 0.493 e. The van der Waals surface area contributed by atoms with E-state index in [1.165, 1.54) is 33.5 Å². The third-order valence-electron chi connectivity index (χ3n) is 5.72. The van der Waals surface area contributed by atoms with Crippen LogP contribution in [0.2, 0.25) is 0 Å². The van der Waals surface area contributed by atoms with Crippen molar-refractivity contribution in [3.63, 3.8) is 0 Å². The van der Waals surface area contributed by atoms with Gasteiger partial charge in [0, 0.05) is 11.1 Å². The van der Waals surface area contributed by atoms with E-state index in [1.807, 2.05) is 0 Å². The number of imide groups is 1. The summed E-state index contributed by atoms with van der Waals surface area (Å²) < 4.78 is 21.3.